The highest BCUT2D eigenvalue weighted by Gasteiger charge is 2.38. The lowest BCUT2D eigenvalue weighted by Crippen LogP contribution is -2.58. The predicted octanol–water partition coefficient (Wildman–Crippen LogP) is 2.18. The lowest BCUT2D eigenvalue weighted by molar-refractivity contribution is 0.0307. The third-order valence-electron chi connectivity index (χ3n) is 5.14. The molecule has 1 saturated heterocycles. The van der Waals surface area contributed by atoms with Crippen molar-refractivity contribution in [2.75, 3.05) is 39.8 Å². The highest BCUT2D eigenvalue weighted by molar-refractivity contribution is 4.95. The summed E-state index contributed by atoms with van der Waals surface area (Å²) in [5.74, 6) is 0. The Balaban J connectivity index is 1.92. The quantitative estimate of drug-likeness (QED) is 0.842. The zero-order chi connectivity index (χ0) is 13.9. The van der Waals surface area contributed by atoms with Crippen molar-refractivity contribution in [1.29, 1.82) is 0 Å². The Labute approximate surface area is 119 Å². The van der Waals surface area contributed by atoms with E-state index in [-0.39, 0.29) is 0 Å². The van der Waals surface area contributed by atoms with Gasteiger partial charge in [0.25, 0.3) is 0 Å². The molecule has 2 fully saturated rings. The first-order valence-electron chi connectivity index (χ1n) is 8.19. The van der Waals surface area contributed by atoms with E-state index >= 15 is 0 Å². The number of piperazine rings is 1. The molecule has 0 amide bonds. The molecule has 112 valence electrons. The minimum Gasteiger partial charge on any atom is -0.315 e. The van der Waals surface area contributed by atoms with Crippen LogP contribution in [-0.2, 0) is 0 Å². The summed E-state index contributed by atoms with van der Waals surface area (Å²) >= 11 is 0. The molecule has 2 unspecified atom stereocenters. The molecule has 1 N–H and O–H groups in total. The second-order valence-corrected chi connectivity index (χ2v) is 7.25. The van der Waals surface area contributed by atoms with E-state index in [2.05, 4.69) is 42.9 Å². The van der Waals surface area contributed by atoms with Crippen molar-refractivity contribution in [3.05, 3.63) is 0 Å². The van der Waals surface area contributed by atoms with Crippen LogP contribution in [0.1, 0.15) is 46.5 Å². The maximum atomic E-state index is 3.57. The van der Waals surface area contributed by atoms with Gasteiger partial charge in [0.2, 0.25) is 0 Å². The first kappa shape index (κ1) is 15.3. The molecule has 0 aromatic rings. The van der Waals surface area contributed by atoms with Gasteiger partial charge in [-0.3, -0.25) is 4.90 Å². The highest BCUT2D eigenvalue weighted by atomic mass is 15.3. The van der Waals surface area contributed by atoms with Crippen LogP contribution < -0.4 is 5.32 Å². The lowest BCUT2D eigenvalue weighted by Gasteiger charge is -2.48. The standard InChI is InChI=1S/C16H33N3/c1-5-8-18-9-11-19(12-10-18)15-13-16(2,3)7-6-14(15)17-4/h14-15,17H,5-13H2,1-4H3. The maximum absolute atomic E-state index is 3.57. The van der Waals surface area contributed by atoms with Crippen LogP contribution in [0.2, 0.25) is 0 Å². The average molecular weight is 267 g/mol. The Morgan fingerprint density at radius 2 is 1.84 bits per heavy atom. The topological polar surface area (TPSA) is 18.5 Å². The highest BCUT2D eigenvalue weighted by Crippen LogP contribution is 2.37. The first-order chi connectivity index (χ1) is 9.05. The van der Waals surface area contributed by atoms with E-state index in [9.17, 15) is 0 Å². The molecule has 1 heterocycles. The van der Waals surface area contributed by atoms with Crippen molar-refractivity contribution < 1.29 is 0 Å². The minimum absolute atomic E-state index is 0.526. The molecular weight excluding hydrogens is 234 g/mol. The Bertz CT molecular complexity index is 269. The molecule has 0 radical (unpaired) electrons. The molecule has 0 aromatic heterocycles. The SMILES string of the molecule is CCCN1CCN(C2CC(C)(C)CCC2NC)CC1. The summed E-state index contributed by atoms with van der Waals surface area (Å²) < 4.78 is 0. The second-order valence-electron chi connectivity index (χ2n) is 7.25. The van der Waals surface area contributed by atoms with Gasteiger partial charge in [0.15, 0.2) is 0 Å². The molecule has 1 saturated carbocycles. The van der Waals surface area contributed by atoms with E-state index in [1.807, 2.05) is 0 Å². The van der Waals surface area contributed by atoms with Gasteiger partial charge < -0.3 is 10.2 Å². The van der Waals surface area contributed by atoms with Crippen LogP contribution in [-0.4, -0.2) is 61.7 Å². The summed E-state index contributed by atoms with van der Waals surface area (Å²) in [7, 11) is 2.14. The summed E-state index contributed by atoms with van der Waals surface area (Å²) in [6.45, 7) is 13.5. The van der Waals surface area contributed by atoms with Gasteiger partial charge in [-0.25, -0.2) is 0 Å². The molecule has 2 atom stereocenters. The van der Waals surface area contributed by atoms with Crippen LogP contribution >= 0.6 is 0 Å². The molecule has 3 heteroatoms. The molecular formula is C16H33N3. The summed E-state index contributed by atoms with van der Waals surface area (Å²) in [5, 5.41) is 3.57. The Morgan fingerprint density at radius 1 is 1.16 bits per heavy atom. The number of nitrogens with zero attached hydrogens (tertiary/aromatic N) is 2. The molecule has 0 spiro atoms. The third-order valence-corrected chi connectivity index (χ3v) is 5.14. The number of likely N-dealkylation sites (N-methyl/N-ethyl adjacent to an activating group) is 1. The molecule has 0 bridgehead atoms. The van der Waals surface area contributed by atoms with Crippen LogP contribution in [0.15, 0.2) is 0 Å². The lowest BCUT2D eigenvalue weighted by atomic mass is 9.72. The molecule has 3 nitrogen and oxygen atoms in total. The number of hydrogen-bond donors (Lipinski definition) is 1. The van der Waals surface area contributed by atoms with Gasteiger partial charge in [-0.2, -0.15) is 0 Å². The second kappa shape index (κ2) is 6.55. The van der Waals surface area contributed by atoms with Crippen LogP contribution in [0.5, 0.6) is 0 Å². The Morgan fingerprint density at radius 3 is 2.42 bits per heavy atom. The summed E-state index contributed by atoms with van der Waals surface area (Å²) in [4.78, 5) is 5.38. The maximum Gasteiger partial charge on any atom is 0.0255 e. The van der Waals surface area contributed by atoms with Crippen LogP contribution in [0.3, 0.4) is 0 Å². The van der Waals surface area contributed by atoms with Crippen molar-refractivity contribution >= 4 is 0 Å². The van der Waals surface area contributed by atoms with Crippen LogP contribution in [0.4, 0.5) is 0 Å². The average Bonchev–Trinajstić information content (AvgIpc) is 2.39. The van der Waals surface area contributed by atoms with E-state index in [0.717, 1.165) is 6.04 Å². The van der Waals surface area contributed by atoms with Gasteiger partial charge in [-0.1, -0.05) is 20.8 Å². The number of rotatable bonds is 4. The van der Waals surface area contributed by atoms with Crippen LogP contribution in [0.25, 0.3) is 0 Å². The molecule has 2 aliphatic rings. The fourth-order valence-corrected chi connectivity index (χ4v) is 3.90. The van der Waals surface area contributed by atoms with Crippen molar-refractivity contribution in [3.63, 3.8) is 0 Å². The molecule has 19 heavy (non-hydrogen) atoms. The third kappa shape index (κ3) is 3.93. The molecule has 1 aliphatic heterocycles. The number of hydrogen-bond acceptors (Lipinski definition) is 3. The van der Waals surface area contributed by atoms with Gasteiger partial charge in [-0.05, 0) is 44.7 Å². The van der Waals surface area contributed by atoms with Crippen molar-refractivity contribution in [2.45, 2.75) is 58.5 Å². The zero-order valence-corrected chi connectivity index (χ0v) is 13.4. The fourth-order valence-electron chi connectivity index (χ4n) is 3.90. The van der Waals surface area contributed by atoms with Crippen molar-refractivity contribution in [2.24, 2.45) is 5.41 Å². The summed E-state index contributed by atoms with van der Waals surface area (Å²) in [5.41, 5.74) is 0.526. The zero-order valence-electron chi connectivity index (χ0n) is 13.4. The van der Waals surface area contributed by atoms with Gasteiger partial charge in [-0.15, -0.1) is 0 Å². The number of nitrogens with one attached hydrogen (secondary N) is 1. The Hall–Kier alpha value is -0.120. The van der Waals surface area contributed by atoms with E-state index < -0.39 is 0 Å². The molecule has 2 rings (SSSR count). The summed E-state index contributed by atoms with van der Waals surface area (Å²) in [6, 6.07) is 1.45. The largest absolute Gasteiger partial charge is 0.315 e. The smallest absolute Gasteiger partial charge is 0.0255 e. The molecule has 1 aliphatic carbocycles. The van der Waals surface area contributed by atoms with E-state index in [0.29, 0.717) is 11.5 Å². The van der Waals surface area contributed by atoms with Gasteiger partial charge in [0.1, 0.15) is 0 Å². The van der Waals surface area contributed by atoms with E-state index in [1.165, 1.54) is 58.4 Å². The molecule has 0 aromatic carbocycles. The van der Waals surface area contributed by atoms with Crippen LogP contribution in [0, 0.1) is 5.41 Å². The van der Waals surface area contributed by atoms with Gasteiger partial charge >= 0.3 is 0 Å². The van der Waals surface area contributed by atoms with Gasteiger partial charge in [0, 0.05) is 38.3 Å². The van der Waals surface area contributed by atoms with E-state index in [4.69, 9.17) is 0 Å². The van der Waals surface area contributed by atoms with Crippen molar-refractivity contribution in [3.8, 4) is 0 Å². The minimum atomic E-state index is 0.526. The Kier molecular flexibility index (Phi) is 5.27. The normalized spacial score (nSPS) is 33.5. The van der Waals surface area contributed by atoms with Crippen molar-refractivity contribution in [1.82, 2.24) is 15.1 Å². The monoisotopic (exact) mass is 267 g/mol. The summed E-state index contributed by atoms with van der Waals surface area (Å²) in [6.07, 6.45) is 5.34. The van der Waals surface area contributed by atoms with E-state index in [1.54, 1.807) is 0 Å². The fraction of sp³-hybridized carbons (Fsp3) is 1.00. The first-order valence-corrected chi connectivity index (χ1v) is 8.19. The predicted molar refractivity (Wildman–Crippen MR) is 82.6 cm³/mol. The van der Waals surface area contributed by atoms with Gasteiger partial charge in [0.05, 0.1) is 0 Å².